The smallest absolute Gasteiger partial charge is 0.175 e. The Morgan fingerprint density at radius 1 is 1.07 bits per heavy atom. The van der Waals surface area contributed by atoms with E-state index in [1.807, 2.05) is 31.0 Å². The molecule has 28 heavy (non-hydrogen) atoms. The van der Waals surface area contributed by atoms with Crippen molar-refractivity contribution in [3.63, 3.8) is 0 Å². The van der Waals surface area contributed by atoms with Gasteiger partial charge in [0.15, 0.2) is 9.84 Å². The fourth-order valence-corrected chi connectivity index (χ4v) is 4.21. The largest absolute Gasteiger partial charge is 0.375 e. The molecule has 0 fully saturated rings. The van der Waals surface area contributed by atoms with Crippen LogP contribution in [0.3, 0.4) is 0 Å². The molecular weight excluding hydrogens is 375 g/mol. The number of sulfone groups is 1. The molecule has 3 rings (SSSR count). The Bertz CT molecular complexity index is 1100. The van der Waals surface area contributed by atoms with E-state index in [0.717, 1.165) is 47.2 Å². The standard InChI is InChI=1S/C22H27FN2O2S/c1-5-7-19-12-17-13-20(28(4,26)27)10-11-21(17)25(19)15-16-8-9-18(23)14-22(16)24(3)6-2/h8-14H,5-7,15H2,1-4H3. The number of hydrogen-bond donors (Lipinski definition) is 0. The van der Waals surface area contributed by atoms with Crippen LogP contribution in [0.15, 0.2) is 47.4 Å². The molecule has 4 nitrogen and oxygen atoms in total. The summed E-state index contributed by atoms with van der Waals surface area (Å²) in [6.45, 7) is 5.55. The Kier molecular flexibility index (Phi) is 5.79. The average Bonchev–Trinajstić information content (AvgIpc) is 2.98. The fraction of sp³-hybridized carbons (Fsp3) is 0.364. The molecule has 0 saturated heterocycles. The topological polar surface area (TPSA) is 42.3 Å². The van der Waals surface area contributed by atoms with Crippen LogP contribution in [0.1, 0.15) is 31.5 Å². The lowest BCUT2D eigenvalue weighted by Crippen LogP contribution is -2.19. The van der Waals surface area contributed by atoms with Gasteiger partial charge >= 0.3 is 0 Å². The molecule has 0 aliphatic heterocycles. The lowest BCUT2D eigenvalue weighted by molar-refractivity contribution is 0.602. The normalized spacial score (nSPS) is 11.9. The summed E-state index contributed by atoms with van der Waals surface area (Å²) in [5.74, 6) is -0.247. The minimum absolute atomic E-state index is 0.247. The first-order chi connectivity index (χ1) is 13.2. The van der Waals surface area contributed by atoms with Crippen LogP contribution in [-0.4, -0.2) is 32.8 Å². The van der Waals surface area contributed by atoms with E-state index < -0.39 is 9.84 Å². The van der Waals surface area contributed by atoms with Gasteiger partial charge in [0, 0.05) is 48.7 Å². The van der Waals surface area contributed by atoms with Crippen LogP contribution < -0.4 is 4.90 Å². The number of aromatic nitrogens is 1. The molecule has 0 radical (unpaired) electrons. The number of nitrogens with zero attached hydrogens (tertiary/aromatic N) is 2. The maximum Gasteiger partial charge on any atom is 0.175 e. The molecule has 0 saturated carbocycles. The maximum absolute atomic E-state index is 13.8. The number of anilines is 1. The second kappa shape index (κ2) is 7.95. The predicted molar refractivity (Wildman–Crippen MR) is 113 cm³/mol. The lowest BCUT2D eigenvalue weighted by atomic mass is 10.1. The second-order valence-electron chi connectivity index (χ2n) is 7.25. The summed E-state index contributed by atoms with van der Waals surface area (Å²) in [6, 6.07) is 12.2. The molecule has 1 heterocycles. The summed E-state index contributed by atoms with van der Waals surface area (Å²) in [6.07, 6.45) is 3.10. The van der Waals surface area contributed by atoms with E-state index in [0.29, 0.717) is 11.4 Å². The summed E-state index contributed by atoms with van der Waals surface area (Å²) in [7, 11) is -1.30. The highest BCUT2D eigenvalue weighted by atomic mass is 32.2. The highest BCUT2D eigenvalue weighted by Crippen LogP contribution is 2.28. The van der Waals surface area contributed by atoms with Crippen LogP contribution in [0.2, 0.25) is 0 Å². The zero-order valence-corrected chi connectivity index (χ0v) is 17.7. The molecule has 3 aromatic rings. The molecule has 0 unspecified atom stereocenters. The van der Waals surface area contributed by atoms with Crippen LogP contribution in [0.5, 0.6) is 0 Å². The molecule has 2 aromatic carbocycles. The van der Waals surface area contributed by atoms with E-state index in [1.165, 1.54) is 12.3 Å². The molecule has 0 amide bonds. The van der Waals surface area contributed by atoms with Crippen LogP contribution in [0.25, 0.3) is 10.9 Å². The van der Waals surface area contributed by atoms with Gasteiger partial charge in [-0.05, 0) is 55.3 Å². The van der Waals surface area contributed by atoms with Gasteiger partial charge in [0.25, 0.3) is 0 Å². The Morgan fingerprint density at radius 3 is 2.46 bits per heavy atom. The van der Waals surface area contributed by atoms with E-state index in [1.54, 1.807) is 18.2 Å². The van der Waals surface area contributed by atoms with Crippen molar-refractivity contribution in [3.05, 3.63) is 59.5 Å². The summed E-state index contributed by atoms with van der Waals surface area (Å²) >= 11 is 0. The number of hydrogen-bond acceptors (Lipinski definition) is 3. The number of benzene rings is 2. The minimum atomic E-state index is -3.25. The number of halogens is 1. The van der Waals surface area contributed by atoms with E-state index >= 15 is 0 Å². The summed E-state index contributed by atoms with van der Waals surface area (Å²) in [5, 5.41) is 0.916. The Hall–Kier alpha value is -2.34. The summed E-state index contributed by atoms with van der Waals surface area (Å²) in [4.78, 5) is 2.36. The van der Waals surface area contributed by atoms with Crippen molar-refractivity contribution in [2.24, 2.45) is 0 Å². The zero-order valence-electron chi connectivity index (χ0n) is 16.9. The molecule has 150 valence electrons. The van der Waals surface area contributed by atoms with Crippen LogP contribution in [0, 0.1) is 5.82 Å². The molecule has 0 N–H and O–H groups in total. The second-order valence-corrected chi connectivity index (χ2v) is 9.27. The monoisotopic (exact) mass is 402 g/mol. The van der Waals surface area contributed by atoms with Gasteiger partial charge in [-0.25, -0.2) is 12.8 Å². The number of rotatable bonds is 7. The van der Waals surface area contributed by atoms with Gasteiger partial charge in [-0.1, -0.05) is 19.4 Å². The van der Waals surface area contributed by atoms with E-state index in [9.17, 15) is 12.8 Å². The molecular formula is C22H27FN2O2S. The highest BCUT2D eigenvalue weighted by molar-refractivity contribution is 7.90. The van der Waals surface area contributed by atoms with Crippen LogP contribution >= 0.6 is 0 Å². The van der Waals surface area contributed by atoms with Crippen LogP contribution in [-0.2, 0) is 22.8 Å². The van der Waals surface area contributed by atoms with Crippen molar-refractivity contribution in [2.45, 2.75) is 38.1 Å². The van der Waals surface area contributed by atoms with Crippen molar-refractivity contribution < 1.29 is 12.8 Å². The third kappa shape index (κ3) is 4.07. The van der Waals surface area contributed by atoms with Gasteiger partial charge in [0.1, 0.15) is 5.82 Å². The fourth-order valence-electron chi connectivity index (χ4n) is 3.55. The Morgan fingerprint density at radius 2 is 1.82 bits per heavy atom. The highest BCUT2D eigenvalue weighted by Gasteiger charge is 2.15. The Balaban J connectivity index is 2.14. The predicted octanol–water partition coefficient (Wildman–Crippen LogP) is 4.64. The first kappa shape index (κ1) is 20.4. The average molecular weight is 403 g/mol. The van der Waals surface area contributed by atoms with Gasteiger partial charge in [0.05, 0.1) is 4.90 Å². The number of fused-ring (bicyclic) bond motifs is 1. The Labute approximate surface area is 166 Å². The van der Waals surface area contributed by atoms with Gasteiger partial charge in [-0.15, -0.1) is 0 Å². The van der Waals surface area contributed by atoms with Crippen LogP contribution in [0.4, 0.5) is 10.1 Å². The van der Waals surface area contributed by atoms with E-state index in [4.69, 9.17) is 0 Å². The van der Waals surface area contributed by atoms with Crippen molar-refractivity contribution in [1.82, 2.24) is 4.57 Å². The summed E-state index contributed by atoms with van der Waals surface area (Å²) in [5.41, 5.74) is 4.05. The molecule has 0 spiro atoms. The molecule has 0 bridgehead atoms. The van der Waals surface area contributed by atoms with Gasteiger partial charge in [-0.3, -0.25) is 0 Å². The van der Waals surface area contributed by atoms with Crippen molar-refractivity contribution >= 4 is 26.4 Å². The van der Waals surface area contributed by atoms with Crippen molar-refractivity contribution in [2.75, 3.05) is 24.7 Å². The molecule has 6 heteroatoms. The third-order valence-electron chi connectivity index (χ3n) is 5.15. The first-order valence-electron chi connectivity index (χ1n) is 9.56. The minimum Gasteiger partial charge on any atom is -0.375 e. The third-order valence-corrected chi connectivity index (χ3v) is 6.26. The number of aryl methyl sites for hydroxylation is 1. The van der Waals surface area contributed by atoms with E-state index in [2.05, 4.69) is 17.6 Å². The maximum atomic E-state index is 13.8. The van der Waals surface area contributed by atoms with E-state index in [-0.39, 0.29) is 5.82 Å². The van der Waals surface area contributed by atoms with Crippen molar-refractivity contribution in [1.29, 1.82) is 0 Å². The molecule has 0 aliphatic rings. The van der Waals surface area contributed by atoms with Gasteiger partial charge in [0.2, 0.25) is 0 Å². The van der Waals surface area contributed by atoms with Gasteiger partial charge < -0.3 is 9.47 Å². The zero-order chi connectivity index (χ0) is 20.5. The lowest BCUT2D eigenvalue weighted by Gasteiger charge is -2.22. The molecule has 0 aliphatic carbocycles. The quantitative estimate of drug-likeness (QED) is 0.578. The van der Waals surface area contributed by atoms with Gasteiger partial charge in [-0.2, -0.15) is 0 Å². The SMILES string of the molecule is CCCc1cc2cc(S(C)(=O)=O)ccc2n1Cc1ccc(F)cc1N(C)CC. The van der Waals surface area contributed by atoms with Crippen molar-refractivity contribution in [3.8, 4) is 0 Å². The first-order valence-corrected chi connectivity index (χ1v) is 11.5. The molecule has 0 atom stereocenters. The summed E-state index contributed by atoms with van der Waals surface area (Å²) < 4.78 is 39.9. The molecule has 1 aromatic heterocycles.